The minimum absolute atomic E-state index is 0.0463. The van der Waals surface area contributed by atoms with Crippen LogP contribution < -0.4 is 21.3 Å². The summed E-state index contributed by atoms with van der Waals surface area (Å²) in [7, 11) is -4.88. The molecule has 0 aromatic heterocycles. The molecule has 0 saturated carbocycles. The normalized spacial score (nSPS) is 21.3. The van der Waals surface area contributed by atoms with E-state index < -0.39 is 40.3 Å². The Kier molecular flexibility index (Phi) is 7.18. The van der Waals surface area contributed by atoms with Crippen LogP contribution in [0.15, 0.2) is 24.3 Å². The number of rotatable bonds is 8. The van der Waals surface area contributed by atoms with Crippen LogP contribution in [0.2, 0.25) is 0 Å². The fourth-order valence-electron chi connectivity index (χ4n) is 3.55. The van der Waals surface area contributed by atoms with E-state index in [0.717, 1.165) is 4.90 Å². The molecule has 0 aliphatic carbocycles. The topological polar surface area (TPSA) is 181 Å². The third-order valence-corrected chi connectivity index (χ3v) is 5.30. The van der Waals surface area contributed by atoms with Crippen LogP contribution in [0, 0.1) is 0 Å². The van der Waals surface area contributed by atoms with E-state index in [0.29, 0.717) is 16.4 Å². The number of nitrogens with zero attached hydrogens (tertiary/aromatic N) is 2. The highest BCUT2D eigenvalue weighted by Crippen LogP contribution is 2.30. The van der Waals surface area contributed by atoms with Crippen LogP contribution in [0.3, 0.4) is 0 Å². The molecule has 2 aliphatic heterocycles. The van der Waals surface area contributed by atoms with Crippen LogP contribution in [0.25, 0.3) is 0 Å². The molecule has 13 nitrogen and oxygen atoms in total. The third-order valence-electron chi connectivity index (χ3n) is 4.95. The fraction of sp³-hybridized carbons (Fsp3) is 0.500. The summed E-state index contributed by atoms with van der Waals surface area (Å²) in [5.74, 6) is -0.639. The van der Waals surface area contributed by atoms with Gasteiger partial charge in [-0.1, -0.05) is 18.2 Å². The molecule has 2 bridgehead atoms. The number of amides is 4. The molecule has 3 atom stereocenters. The first-order valence-electron chi connectivity index (χ1n) is 9.87. The number of fused-ring (bicyclic) bond motifs is 2. The highest BCUT2D eigenvalue weighted by Gasteiger charge is 2.49. The number of hydrazine groups is 1. The first-order chi connectivity index (χ1) is 15.0. The Labute approximate surface area is 184 Å². The summed E-state index contributed by atoms with van der Waals surface area (Å²) in [6, 6.07) is 4.34. The van der Waals surface area contributed by atoms with Crippen molar-refractivity contribution in [2.24, 2.45) is 5.73 Å². The average Bonchev–Trinajstić information content (AvgIpc) is 2.95. The Balaban J connectivity index is 1.54. The summed E-state index contributed by atoms with van der Waals surface area (Å²) >= 11 is 0. The number of hydrogen-bond acceptors (Lipinski definition) is 8. The van der Waals surface area contributed by atoms with Gasteiger partial charge in [-0.15, -0.1) is 4.28 Å². The second-order valence-electron chi connectivity index (χ2n) is 7.62. The molecule has 4 amide bonds. The Morgan fingerprint density at radius 1 is 1.28 bits per heavy atom. The van der Waals surface area contributed by atoms with Gasteiger partial charge in [-0.3, -0.25) is 25.0 Å². The van der Waals surface area contributed by atoms with Crippen molar-refractivity contribution in [2.45, 2.75) is 44.3 Å². The Bertz CT molecular complexity index is 985. The van der Waals surface area contributed by atoms with Crippen molar-refractivity contribution >= 4 is 28.2 Å². The summed E-state index contributed by atoms with van der Waals surface area (Å²) in [6.45, 7) is 2.11. The van der Waals surface area contributed by atoms with Gasteiger partial charge in [0, 0.05) is 18.2 Å². The number of hydroxylamine groups is 2. The van der Waals surface area contributed by atoms with Crippen molar-refractivity contribution < 1.29 is 36.4 Å². The van der Waals surface area contributed by atoms with Crippen LogP contribution in [-0.4, -0.2) is 72.1 Å². The van der Waals surface area contributed by atoms with Gasteiger partial charge in [0.1, 0.15) is 18.4 Å². The second kappa shape index (κ2) is 9.68. The Morgan fingerprint density at radius 2 is 2.00 bits per heavy atom. The number of carbonyl (C=O) groups excluding carboxylic acids is 3. The molecule has 2 saturated heterocycles. The van der Waals surface area contributed by atoms with Crippen molar-refractivity contribution in [3.8, 4) is 5.75 Å². The number of piperidine rings is 1. The third kappa shape index (κ3) is 5.85. The van der Waals surface area contributed by atoms with Gasteiger partial charge in [0.25, 0.3) is 5.91 Å². The lowest BCUT2D eigenvalue weighted by atomic mass is 10.0. The van der Waals surface area contributed by atoms with Gasteiger partial charge in [-0.05, 0) is 25.8 Å². The number of hydrogen-bond donors (Lipinski definition) is 4. The van der Waals surface area contributed by atoms with E-state index in [4.69, 9.17) is 15.0 Å². The largest absolute Gasteiger partial charge is 0.492 e. The molecule has 2 fully saturated rings. The number of nitrogens with two attached hydrogens (primary N) is 1. The molecule has 5 N–H and O–H groups in total. The van der Waals surface area contributed by atoms with Crippen LogP contribution in [-0.2, 0) is 30.7 Å². The van der Waals surface area contributed by atoms with E-state index >= 15 is 0 Å². The highest BCUT2D eigenvalue weighted by molar-refractivity contribution is 7.80. The number of benzene rings is 1. The predicted molar refractivity (Wildman–Crippen MR) is 109 cm³/mol. The maximum atomic E-state index is 12.5. The maximum Gasteiger partial charge on any atom is 0.418 e. The lowest BCUT2D eigenvalue weighted by Crippen LogP contribution is -2.54. The molecule has 176 valence electrons. The van der Waals surface area contributed by atoms with Gasteiger partial charge in [-0.25, -0.2) is 4.79 Å². The SMILES string of the molecule is C[C@H](N)COc1ccccc1CC(=O)NNC(=O)[C@@H]1CC[C@@H]2CN1C(=O)N2OS(=O)(=O)O. The quantitative estimate of drug-likeness (QED) is 0.276. The first-order valence-corrected chi connectivity index (χ1v) is 11.2. The van der Waals surface area contributed by atoms with E-state index in [9.17, 15) is 22.8 Å². The van der Waals surface area contributed by atoms with E-state index in [-0.39, 0.29) is 38.5 Å². The van der Waals surface area contributed by atoms with Gasteiger partial charge in [0.2, 0.25) is 5.91 Å². The van der Waals surface area contributed by atoms with Crippen molar-refractivity contribution in [1.29, 1.82) is 0 Å². The number of para-hydroxylation sites is 1. The molecule has 1 aromatic carbocycles. The molecular weight excluding hydrogens is 446 g/mol. The predicted octanol–water partition coefficient (Wildman–Crippen LogP) is -0.894. The molecule has 14 heteroatoms. The molecule has 3 rings (SSSR count). The van der Waals surface area contributed by atoms with E-state index in [1.807, 2.05) is 0 Å². The lowest BCUT2D eigenvalue weighted by molar-refractivity contribution is -0.131. The minimum atomic E-state index is -4.88. The molecule has 2 aliphatic rings. The van der Waals surface area contributed by atoms with Crippen molar-refractivity contribution in [2.75, 3.05) is 13.2 Å². The summed E-state index contributed by atoms with van der Waals surface area (Å²) < 4.78 is 40.6. The first kappa shape index (κ1) is 23.7. The molecule has 2 heterocycles. The standard InChI is InChI=1S/C18H25N5O8S/c1-11(19)10-30-15-5-3-2-4-12(15)8-16(24)20-21-17(25)14-7-6-13-9-22(14)18(26)23(13)31-32(27,28)29/h2-5,11,13-14H,6-10,19H2,1H3,(H,20,24)(H,21,25)(H,27,28,29)/t11-,13+,14-/m0/s1. The van der Waals surface area contributed by atoms with Gasteiger partial charge >= 0.3 is 16.4 Å². The summed E-state index contributed by atoms with van der Waals surface area (Å²) in [4.78, 5) is 38.3. The van der Waals surface area contributed by atoms with Crippen molar-refractivity contribution in [3.63, 3.8) is 0 Å². The van der Waals surface area contributed by atoms with Crippen molar-refractivity contribution in [3.05, 3.63) is 29.8 Å². The van der Waals surface area contributed by atoms with Crippen LogP contribution in [0.5, 0.6) is 5.75 Å². The molecule has 1 aromatic rings. The van der Waals surface area contributed by atoms with Crippen LogP contribution >= 0.6 is 0 Å². The molecular formula is C18H25N5O8S. The molecule has 0 radical (unpaired) electrons. The van der Waals surface area contributed by atoms with Crippen LogP contribution in [0.4, 0.5) is 4.79 Å². The second-order valence-corrected chi connectivity index (χ2v) is 8.62. The van der Waals surface area contributed by atoms with E-state index in [1.165, 1.54) is 0 Å². The smallest absolute Gasteiger partial charge is 0.418 e. The molecule has 32 heavy (non-hydrogen) atoms. The number of nitrogens with one attached hydrogen (secondary N) is 2. The summed E-state index contributed by atoms with van der Waals surface area (Å²) in [6.07, 6.45) is 0.423. The van der Waals surface area contributed by atoms with E-state index in [1.54, 1.807) is 31.2 Å². The zero-order valence-electron chi connectivity index (χ0n) is 17.3. The number of carbonyl (C=O) groups is 3. The average molecular weight is 471 g/mol. The molecule has 0 unspecified atom stereocenters. The fourth-order valence-corrected chi connectivity index (χ4v) is 3.94. The lowest BCUT2D eigenvalue weighted by Gasteiger charge is -2.29. The van der Waals surface area contributed by atoms with Crippen molar-refractivity contribution in [1.82, 2.24) is 20.8 Å². The Hall–Kier alpha value is -2.94. The zero-order valence-corrected chi connectivity index (χ0v) is 18.1. The summed E-state index contributed by atoms with van der Waals surface area (Å²) in [5.41, 5.74) is 10.9. The minimum Gasteiger partial charge on any atom is -0.492 e. The molecule has 0 spiro atoms. The van der Waals surface area contributed by atoms with Crippen LogP contribution in [0.1, 0.15) is 25.3 Å². The van der Waals surface area contributed by atoms with Gasteiger partial charge in [-0.2, -0.15) is 13.5 Å². The maximum absolute atomic E-state index is 12.5. The Morgan fingerprint density at radius 3 is 2.69 bits per heavy atom. The highest BCUT2D eigenvalue weighted by atomic mass is 32.3. The van der Waals surface area contributed by atoms with E-state index in [2.05, 4.69) is 15.1 Å². The van der Waals surface area contributed by atoms with Gasteiger partial charge in [0.15, 0.2) is 0 Å². The zero-order chi connectivity index (χ0) is 23.5. The van der Waals surface area contributed by atoms with Gasteiger partial charge in [0.05, 0.1) is 12.5 Å². The summed E-state index contributed by atoms with van der Waals surface area (Å²) in [5, 5.41) is 0.542. The number of urea groups is 1. The monoisotopic (exact) mass is 471 g/mol. The number of ether oxygens (including phenoxy) is 1. The van der Waals surface area contributed by atoms with Gasteiger partial charge < -0.3 is 15.4 Å².